The minimum Gasteiger partial charge on any atom is -0.480 e. The number of carbonyl (C=O) groups is 5. The highest BCUT2D eigenvalue weighted by atomic mass is 35.5. The molecule has 0 radical (unpaired) electrons. The third-order valence-electron chi connectivity index (χ3n) is 7.98. The fraction of sp³-hybridized carbons (Fsp3) is 0.357. The second kappa shape index (κ2) is 31.6. The molecule has 372 valence electrons. The molecule has 3 aromatic rings. The minimum atomic E-state index is -4.56. The van der Waals surface area contributed by atoms with Gasteiger partial charge in [-0.3, -0.25) is 29.2 Å². The van der Waals surface area contributed by atoms with Crippen molar-refractivity contribution in [1.82, 2.24) is 10.2 Å². The monoisotopic (exact) mass is 1070 g/mol. The van der Waals surface area contributed by atoms with Crippen molar-refractivity contribution < 1.29 is 75.9 Å². The number of benzene rings is 3. The van der Waals surface area contributed by atoms with E-state index >= 15 is 0 Å². The van der Waals surface area contributed by atoms with Crippen molar-refractivity contribution in [2.24, 2.45) is 0 Å². The number of aryl methyl sites for hydroxylation is 2. The standard InChI is InChI=1S/C17H11Cl2F3O5.C14H20ClNO2.C8H11Cl2NO.C3H8NO5P/c1-8(15(23)24)26-16(25)11-7-10(3-4-12(11)18)27-14-5-2-9(6-13(14)19)17(20,21)22;1-4-11-7-6-8-12(5-2)14(11)16(10-18-3)13(17)9-15;1-3-5-11(6-4-2)8(12)7(9)10;5-3(6)1-4-2-10(7,8)9/h2-8H,1H3,(H,23,24);6-8H,4-5,9-10H2,1-3H3;3-4,7H,1-2,5-6H2;4H,1-2H2,(H,5,6)(H2,7,8,9)/t8-;;;/m0.../s1. The number of aliphatic carboxylic acids is 2. The first kappa shape index (κ1) is 62.6. The summed E-state index contributed by atoms with van der Waals surface area (Å²) < 4.78 is 63.3. The smallest absolute Gasteiger partial charge is 0.416 e. The van der Waals surface area contributed by atoms with Crippen LogP contribution in [0.3, 0.4) is 0 Å². The molecule has 25 heteroatoms. The van der Waals surface area contributed by atoms with E-state index < -0.39 is 61.0 Å². The van der Waals surface area contributed by atoms with Gasteiger partial charge in [-0.05, 0) is 67.3 Å². The Morgan fingerprint density at radius 3 is 1.90 bits per heavy atom. The van der Waals surface area contributed by atoms with Gasteiger partial charge in [0.2, 0.25) is 5.91 Å². The summed E-state index contributed by atoms with van der Waals surface area (Å²) in [6, 6.07) is 12.4. The van der Waals surface area contributed by atoms with E-state index in [-0.39, 0.29) is 51.5 Å². The quantitative estimate of drug-likeness (QED) is 0.0234. The second-order valence-electron chi connectivity index (χ2n) is 13.0. The Labute approximate surface area is 410 Å². The van der Waals surface area contributed by atoms with Gasteiger partial charge in [-0.1, -0.05) is 90.6 Å². The molecule has 0 fully saturated rings. The molecule has 3 rings (SSSR count). The summed E-state index contributed by atoms with van der Waals surface area (Å²) in [5, 5.41) is 18.5. The lowest BCUT2D eigenvalue weighted by Gasteiger charge is -2.26. The van der Waals surface area contributed by atoms with Crippen LogP contribution < -0.4 is 15.0 Å². The number of amides is 2. The SMILES string of the molecule is C=CCN(CC=C)C(=O)C(Cl)Cl.CCc1cccc(CC)c1N(COC)C(=O)CCl.C[C@H](OC(=O)c1cc(Oc2ccc(C(F)(F)F)cc2Cl)ccc1Cl)C(=O)O.O=C(O)CNCP(=O)(O)O. The molecule has 16 nitrogen and oxygen atoms in total. The van der Waals surface area contributed by atoms with E-state index in [0.29, 0.717) is 19.2 Å². The molecule has 1 atom stereocenters. The highest BCUT2D eigenvalue weighted by molar-refractivity contribution is 7.51. The summed E-state index contributed by atoms with van der Waals surface area (Å²) in [5.41, 5.74) is 2.12. The van der Waals surface area contributed by atoms with Gasteiger partial charge in [-0.15, -0.1) is 24.8 Å². The van der Waals surface area contributed by atoms with Crippen LogP contribution in [0.1, 0.15) is 47.8 Å². The fourth-order valence-electron chi connectivity index (χ4n) is 4.92. The number of hydrogen-bond acceptors (Lipinski definition) is 10. The second-order valence-corrected chi connectivity index (χ2v) is 16.9. The molecular weight excluding hydrogens is 1020 g/mol. The number of hydrogen-bond donors (Lipinski definition) is 5. The molecule has 0 unspecified atom stereocenters. The van der Waals surface area contributed by atoms with Gasteiger partial charge >= 0.3 is 31.7 Å². The van der Waals surface area contributed by atoms with Crippen LogP contribution in [0.2, 0.25) is 10.0 Å². The zero-order valence-corrected chi connectivity index (χ0v) is 41.1. The number of nitrogens with zero attached hydrogens (tertiary/aromatic N) is 2. The molecule has 0 aromatic heterocycles. The average Bonchev–Trinajstić information content (AvgIpc) is 3.25. The van der Waals surface area contributed by atoms with Crippen LogP contribution >= 0.6 is 65.6 Å². The molecule has 5 N–H and O–H groups in total. The zero-order valence-electron chi connectivity index (χ0n) is 36.4. The molecule has 0 saturated carbocycles. The molecule has 0 aliphatic carbocycles. The fourth-order valence-corrected chi connectivity index (χ4v) is 6.16. The molecule has 0 bridgehead atoms. The van der Waals surface area contributed by atoms with Gasteiger partial charge in [0.1, 0.15) is 24.1 Å². The van der Waals surface area contributed by atoms with E-state index in [1.165, 1.54) is 17.0 Å². The highest BCUT2D eigenvalue weighted by Gasteiger charge is 2.31. The third-order valence-corrected chi connectivity index (χ3v) is 9.84. The summed E-state index contributed by atoms with van der Waals surface area (Å²) in [6.07, 6.45) is -1.59. The van der Waals surface area contributed by atoms with Crippen LogP contribution in [0.15, 0.2) is 79.9 Å². The summed E-state index contributed by atoms with van der Waals surface area (Å²) in [6.45, 7) is 13.0. The lowest BCUT2D eigenvalue weighted by Crippen LogP contribution is -2.35. The maximum atomic E-state index is 12.7. The summed E-state index contributed by atoms with van der Waals surface area (Å²) in [4.78, 5) is 74.2. The number of para-hydroxylation sites is 1. The topological polar surface area (TPSA) is 230 Å². The summed E-state index contributed by atoms with van der Waals surface area (Å²) >= 11 is 28.2. The Morgan fingerprint density at radius 1 is 0.910 bits per heavy atom. The maximum Gasteiger partial charge on any atom is 0.416 e. The molecular formula is C42H50Cl5F3N3O13P. The van der Waals surface area contributed by atoms with E-state index in [2.05, 4.69) is 32.3 Å². The van der Waals surface area contributed by atoms with Gasteiger partial charge in [-0.25, -0.2) is 9.59 Å². The van der Waals surface area contributed by atoms with Crippen molar-refractivity contribution in [3.63, 3.8) is 0 Å². The van der Waals surface area contributed by atoms with Crippen molar-refractivity contribution >= 4 is 101 Å². The van der Waals surface area contributed by atoms with Gasteiger partial charge in [0.15, 0.2) is 10.9 Å². The lowest BCUT2D eigenvalue weighted by atomic mass is 10.0. The van der Waals surface area contributed by atoms with Crippen molar-refractivity contribution in [3.8, 4) is 11.5 Å². The van der Waals surface area contributed by atoms with E-state index in [1.807, 2.05) is 18.2 Å². The molecule has 0 heterocycles. The lowest BCUT2D eigenvalue weighted by molar-refractivity contribution is -0.146. The van der Waals surface area contributed by atoms with Crippen LogP contribution in [-0.4, -0.2) is 111 Å². The summed E-state index contributed by atoms with van der Waals surface area (Å²) in [7, 11) is -2.52. The number of esters is 1. The number of rotatable bonds is 20. The number of carboxylic acid groups (broad SMARTS) is 2. The number of halogens is 8. The van der Waals surface area contributed by atoms with Gasteiger partial charge < -0.3 is 39.1 Å². The van der Waals surface area contributed by atoms with Crippen molar-refractivity contribution in [2.45, 2.75) is 50.7 Å². The number of alkyl halides is 6. The Morgan fingerprint density at radius 2 is 1.48 bits per heavy atom. The number of ether oxygens (including phenoxy) is 3. The van der Waals surface area contributed by atoms with E-state index in [0.717, 1.165) is 54.8 Å². The Balaban J connectivity index is 0.000000941. The van der Waals surface area contributed by atoms with Crippen LogP contribution in [0, 0.1) is 0 Å². The van der Waals surface area contributed by atoms with Gasteiger partial charge in [0.25, 0.3) is 5.91 Å². The number of carboxylic acids is 2. The minimum absolute atomic E-state index is 0.0246. The largest absolute Gasteiger partial charge is 0.480 e. The van der Waals surface area contributed by atoms with E-state index in [4.69, 9.17) is 92.2 Å². The van der Waals surface area contributed by atoms with Crippen LogP contribution in [0.4, 0.5) is 18.9 Å². The van der Waals surface area contributed by atoms with Crippen molar-refractivity contribution in [1.29, 1.82) is 0 Å². The Kier molecular flexibility index (Phi) is 29.5. The zero-order chi connectivity index (χ0) is 51.7. The van der Waals surface area contributed by atoms with E-state index in [1.54, 1.807) is 24.2 Å². The normalized spacial score (nSPS) is 11.2. The van der Waals surface area contributed by atoms with E-state index in [9.17, 15) is 41.7 Å². The molecule has 0 spiro atoms. The average molecular weight is 1070 g/mol. The molecule has 0 saturated heterocycles. The predicted molar refractivity (Wildman–Crippen MR) is 251 cm³/mol. The highest BCUT2D eigenvalue weighted by Crippen LogP contribution is 2.37. The van der Waals surface area contributed by atoms with Crippen molar-refractivity contribution in [3.05, 3.63) is 112 Å². The number of methoxy groups -OCH3 is 1. The number of anilines is 1. The van der Waals surface area contributed by atoms with Crippen LogP contribution in [-0.2, 0) is 52.2 Å². The summed E-state index contributed by atoms with van der Waals surface area (Å²) in [5.74, 6) is -4.02. The first-order chi connectivity index (χ1) is 31.2. The Bertz CT molecular complexity index is 2150. The maximum absolute atomic E-state index is 12.7. The van der Waals surface area contributed by atoms with Crippen LogP contribution in [0.5, 0.6) is 11.5 Å². The first-order valence-corrected chi connectivity index (χ1v) is 23.2. The number of nitrogens with one attached hydrogen (secondary N) is 1. The first-order valence-electron chi connectivity index (χ1n) is 19.2. The van der Waals surface area contributed by atoms with Crippen molar-refractivity contribution in [2.75, 3.05) is 50.5 Å². The van der Waals surface area contributed by atoms with Gasteiger partial charge in [0.05, 0.1) is 39.7 Å². The Hall–Kier alpha value is -4.40. The van der Waals surface area contributed by atoms with Gasteiger partial charge in [-0.2, -0.15) is 13.2 Å². The molecule has 3 aromatic carbocycles. The molecule has 0 aliphatic rings. The van der Waals surface area contributed by atoms with Crippen LogP contribution in [0.25, 0.3) is 0 Å². The number of carbonyl (C=O) groups excluding carboxylic acids is 3. The van der Waals surface area contributed by atoms with Gasteiger partial charge in [0, 0.05) is 20.2 Å². The predicted octanol–water partition coefficient (Wildman–Crippen LogP) is 9.21. The molecule has 0 aliphatic heterocycles. The molecule has 67 heavy (non-hydrogen) atoms. The molecule has 2 amide bonds. The third kappa shape index (κ3) is 23.9.